The van der Waals surface area contributed by atoms with E-state index >= 15 is 0 Å². The molecule has 3 aromatic rings. The molecular weight excluding hydrogens is 310 g/mol. The van der Waals surface area contributed by atoms with Gasteiger partial charge < -0.3 is 5.32 Å². The zero-order chi connectivity index (χ0) is 16.1. The maximum Gasteiger partial charge on any atom is 0.224 e. The highest BCUT2D eigenvalue weighted by molar-refractivity contribution is 7.11. The Morgan fingerprint density at radius 2 is 1.96 bits per heavy atom. The highest BCUT2D eigenvalue weighted by Gasteiger charge is 2.06. The van der Waals surface area contributed by atoms with Crippen LogP contribution in [0.25, 0.3) is 5.69 Å². The van der Waals surface area contributed by atoms with E-state index in [1.807, 2.05) is 24.3 Å². The summed E-state index contributed by atoms with van der Waals surface area (Å²) in [6, 6.07) is 11.8. The Morgan fingerprint density at radius 1 is 1.17 bits per heavy atom. The second-order valence-electron chi connectivity index (χ2n) is 5.10. The molecule has 0 aliphatic heterocycles. The summed E-state index contributed by atoms with van der Waals surface area (Å²) in [5.41, 5.74) is 1.82. The first-order valence-corrected chi connectivity index (χ1v) is 8.23. The highest BCUT2D eigenvalue weighted by atomic mass is 32.1. The number of nitrogens with one attached hydrogen (secondary N) is 1. The molecule has 0 spiro atoms. The van der Waals surface area contributed by atoms with Crippen molar-refractivity contribution in [2.45, 2.75) is 26.3 Å². The number of amides is 1. The van der Waals surface area contributed by atoms with E-state index in [4.69, 9.17) is 0 Å². The molecule has 23 heavy (non-hydrogen) atoms. The normalized spacial score (nSPS) is 10.7. The van der Waals surface area contributed by atoms with Crippen molar-refractivity contribution in [1.82, 2.24) is 25.5 Å². The molecule has 0 unspecified atom stereocenters. The number of thiophene rings is 1. The van der Waals surface area contributed by atoms with E-state index in [9.17, 15) is 4.79 Å². The summed E-state index contributed by atoms with van der Waals surface area (Å²) in [5, 5.41) is 14.0. The van der Waals surface area contributed by atoms with Crippen molar-refractivity contribution in [2.24, 2.45) is 0 Å². The molecule has 0 saturated carbocycles. The van der Waals surface area contributed by atoms with Crippen molar-refractivity contribution < 1.29 is 4.79 Å². The first-order valence-electron chi connectivity index (χ1n) is 7.41. The molecular formula is C16H17N5OS. The fourth-order valence-electron chi connectivity index (χ4n) is 2.19. The molecule has 1 N–H and O–H groups in total. The van der Waals surface area contributed by atoms with E-state index in [0.29, 0.717) is 13.0 Å². The molecule has 0 fully saturated rings. The zero-order valence-electron chi connectivity index (χ0n) is 12.8. The standard InChI is InChI=1S/C16H17N5OS/c1-2-14-7-8-15(23-14)10-17-16(22)9-12-3-5-13(6-4-12)21-11-18-19-20-21/h3-8,11H,2,9-10H2,1H3,(H,17,22). The third-order valence-corrected chi connectivity index (χ3v) is 4.67. The summed E-state index contributed by atoms with van der Waals surface area (Å²) < 4.78 is 1.58. The van der Waals surface area contributed by atoms with Crippen molar-refractivity contribution >= 4 is 17.2 Å². The van der Waals surface area contributed by atoms with Crippen molar-refractivity contribution in [3.05, 3.63) is 58.0 Å². The monoisotopic (exact) mass is 327 g/mol. The molecule has 2 heterocycles. The van der Waals surface area contributed by atoms with Crippen LogP contribution < -0.4 is 5.32 Å². The number of hydrogen-bond acceptors (Lipinski definition) is 5. The predicted molar refractivity (Wildman–Crippen MR) is 88.4 cm³/mol. The molecule has 1 amide bonds. The summed E-state index contributed by atoms with van der Waals surface area (Å²) in [5.74, 6) is 0.0200. The van der Waals surface area contributed by atoms with E-state index in [1.54, 1.807) is 16.0 Å². The lowest BCUT2D eigenvalue weighted by atomic mass is 10.1. The number of benzene rings is 1. The number of rotatable bonds is 6. The first kappa shape index (κ1) is 15.4. The second-order valence-corrected chi connectivity index (χ2v) is 6.35. The van der Waals surface area contributed by atoms with Gasteiger partial charge in [0.2, 0.25) is 5.91 Å². The van der Waals surface area contributed by atoms with Gasteiger partial charge >= 0.3 is 0 Å². The topological polar surface area (TPSA) is 72.7 Å². The average molecular weight is 327 g/mol. The number of carbonyl (C=O) groups is 1. The van der Waals surface area contributed by atoms with Gasteiger partial charge in [-0.15, -0.1) is 16.4 Å². The Balaban J connectivity index is 1.53. The zero-order valence-corrected chi connectivity index (χ0v) is 13.6. The highest BCUT2D eigenvalue weighted by Crippen LogP contribution is 2.16. The van der Waals surface area contributed by atoms with Crippen LogP contribution >= 0.6 is 11.3 Å². The minimum Gasteiger partial charge on any atom is -0.351 e. The maximum atomic E-state index is 12.0. The van der Waals surface area contributed by atoms with Crippen molar-refractivity contribution in [2.75, 3.05) is 0 Å². The largest absolute Gasteiger partial charge is 0.351 e. The van der Waals surface area contributed by atoms with Gasteiger partial charge in [-0.2, -0.15) is 0 Å². The van der Waals surface area contributed by atoms with Crippen LogP contribution in [0.4, 0.5) is 0 Å². The molecule has 2 aromatic heterocycles. The van der Waals surface area contributed by atoms with Crippen molar-refractivity contribution in [1.29, 1.82) is 0 Å². The van der Waals surface area contributed by atoms with Crippen LogP contribution in [0.1, 0.15) is 22.2 Å². The smallest absolute Gasteiger partial charge is 0.224 e. The molecule has 0 aliphatic carbocycles. The Hall–Kier alpha value is -2.54. The summed E-state index contributed by atoms with van der Waals surface area (Å²) in [6.07, 6.45) is 2.93. The molecule has 1 aromatic carbocycles. The minimum atomic E-state index is 0.0200. The lowest BCUT2D eigenvalue weighted by Crippen LogP contribution is -2.24. The third-order valence-electron chi connectivity index (χ3n) is 3.44. The molecule has 0 atom stereocenters. The van der Waals surface area contributed by atoms with Crippen LogP contribution in [0.15, 0.2) is 42.7 Å². The Kier molecular flexibility index (Phi) is 4.77. The van der Waals surface area contributed by atoms with Gasteiger partial charge in [-0.05, 0) is 46.7 Å². The average Bonchev–Trinajstić information content (AvgIpc) is 3.25. The van der Waals surface area contributed by atoms with Crippen LogP contribution in [0.2, 0.25) is 0 Å². The van der Waals surface area contributed by atoms with Gasteiger partial charge in [0.1, 0.15) is 6.33 Å². The minimum absolute atomic E-state index is 0.0200. The molecule has 7 heteroatoms. The Labute approximate surface area is 138 Å². The van der Waals surface area contributed by atoms with Crippen LogP contribution in [0.5, 0.6) is 0 Å². The predicted octanol–water partition coefficient (Wildman–Crippen LogP) is 2.15. The molecule has 0 saturated heterocycles. The van der Waals surface area contributed by atoms with E-state index in [0.717, 1.165) is 17.7 Å². The SMILES string of the molecule is CCc1ccc(CNC(=O)Cc2ccc(-n3cnnn3)cc2)s1. The Bertz CT molecular complexity index is 764. The van der Waals surface area contributed by atoms with Gasteiger partial charge in [-0.1, -0.05) is 19.1 Å². The van der Waals surface area contributed by atoms with Crippen LogP contribution in [-0.4, -0.2) is 26.1 Å². The lowest BCUT2D eigenvalue weighted by Gasteiger charge is -2.05. The van der Waals surface area contributed by atoms with Gasteiger partial charge in [0.05, 0.1) is 18.7 Å². The summed E-state index contributed by atoms with van der Waals surface area (Å²) in [4.78, 5) is 14.6. The fraction of sp³-hybridized carbons (Fsp3) is 0.250. The number of nitrogens with zero attached hydrogens (tertiary/aromatic N) is 4. The number of aromatic nitrogens is 4. The maximum absolute atomic E-state index is 12.0. The fourth-order valence-corrected chi connectivity index (χ4v) is 3.08. The summed E-state index contributed by atoms with van der Waals surface area (Å²) >= 11 is 1.75. The van der Waals surface area contributed by atoms with E-state index < -0.39 is 0 Å². The summed E-state index contributed by atoms with van der Waals surface area (Å²) in [6.45, 7) is 2.72. The number of aryl methyl sites for hydroxylation is 1. The van der Waals surface area contributed by atoms with E-state index in [1.165, 1.54) is 16.1 Å². The lowest BCUT2D eigenvalue weighted by molar-refractivity contribution is -0.120. The van der Waals surface area contributed by atoms with Crippen molar-refractivity contribution in [3.8, 4) is 5.69 Å². The molecule has 3 rings (SSSR count). The van der Waals surface area contributed by atoms with Gasteiger partial charge in [0.25, 0.3) is 0 Å². The molecule has 0 bridgehead atoms. The van der Waals surface area contributed by atoms with Gasteiger partial charge in [-0.25, -0.2) is 4.68 Å². The van der Waals surface area contributed by atoms with Crippen LogP contribution in [0.3, 0.4) is 0 Å². The molecule has 0 aliphatic rings. The van der Waals surface area contributed by atoms with E-state index in [-0.39, 0.29) is 5.91 Å². The van der Waals surface area contributed by atoms with Crippen LogP contribution in [0, 0.1) is 0 Å². The molecule has 6 nitrogen and oxygen atoms in total. The quantitative estimate of drug-likeness (QED) is 0.753. The summed E-state index contributed by atoms with van der Waals surface area (Å²) in [7, 11) is 0. The number of tetrazole rings is 1. The van der Waals surface area contributed by atoms with Gasteiger partial charge in [0.15, 0.2) is 0 Å². The van der Waals surface area contributed by atoms with Gasteiger partial charge in [0, 0.05) is 9.75 Å². The Morgan fingerprint density at radius 3 is 2.61 bits per heavy atom. The molecule has 0 radical (unpaired) electrons. The number of carbonyl (C=O) groups excluding carboxylic acids is 1. The number of hydrogen-bond donors (Lipinski definition) is 1. The van der Waals surface area contributed by atoms with E-state index in [2.05, 4.69) is 39.9 Å². The molecule has 118 valence electrons. The van der Waals surface area contributed by atoms with Crippen LogP contribution in [-0.2, 0) is 24.2 Å². The van der Waals surface area contributed by atoms with Gasteiger partial charge in [-0.3, -0.25) is 4.79 Å². The third kappa shape index (κ3) is 4.01. The second kappa shape index (κ2) is 7.15. The van der Waals surface area contributed by atoms with Crippen molar-refractivity contribution in [3.63, 3.8) is 0 Å². The first-order chi connectivity index (χ1) is 11.2.